The molecule has 2 aromatic rings. The zero-order valence-corrected chi connectivity index (χ0v) is 7.78. The van der Waals surface area contributed by atoms with Crippen molar-refractivity contribution in [1.82, 2.24) is 10.1 Å². The van der Waals surface area contributed by atoms with E-state index in [-0.39, 0.29) is 0 Å². The number of hydrogen-bond acceptors (Lipinski definition) is 5. The Kier molecular flexibility index (Phi) is 2.12. The van der Waals surface area contributed by atoms with E-state index in [1.165, 1.54) is 11.3 Å². The second-order valence-electron chi connectivity index (χ2n) is 2.61. The minimum atomic E-state index is -0.683. The van der Waals surface area contributed by atoms with Gasteiger partial charge < -0.3 is 9.63 Å². The number of rotatable bonds is 2. The minimum absolute atomic E-state index is 0.323. The van der Waals surface area contributed by atoms with Gasteiger partial charge in [0.25, 0.3) is 5.89 Å². The van der Waals surface area contributed by atoms with E-state index in [2.05, 4.69) is 10.1 Å². The van der Waals surface area contributed by atoms with Crippen LogP contribution in [0.25, 0.3) is 10.8 Å². The molecule has 0 fully saturated rings. The molecule has 0 aliphatic heterocycles. The highest BCUT2D eigenvalue weighted by Gasteiger charge is 2.12. The lowest BCUT2D eigenvalue weighted by atomic mass is 10.4. The van der Waals surface area contributed by atoms with Crippen LogP contribution in [0.4, 0.5) is 0 Å². The fourth-order valence-electron chi connectivity index (χ4n) is 0.905. The molecule has 0 saturated carbocycles. The Morgan fingerprint density at radius 2 is 2.46 bits per heavy atom. The number of thiophene rings is 1. The van der Waals surface area contributed by atoms with Crippen LogP contribution in [0.15, 0.2) is 22.0 Å². The molecule has 2 rings (SSSR count). The first kappa shape index (κ1) is 8.40. The summed E-state index contributed by atoms with van der Waals surface area (Å²) in [6.07, 6.45) is -0.683. The third-order valence-corrected chi connectivity index (χ3v) is 2.41. The number of aliphatic hydroxyl groups excluding tert-OH is 1. The normalized spacial score (nSPS) is 13.1. The van der Waals surface area contributed by atoms with Crippen LogP contribution in [0, 0.1) is 0 Å². The molecule has 0 aliphatic carbocycles. The van der Waals surface area contributed by atoms with Crippen molar-refractivity contribution in [3.8, 4) is 10.8 Å². The van der Waals surface area contributed by atoms with Gasteiger partial charge in [0.05, 0.1) is 4.88 Å². The molecule has 0 saturated heterocycles. The topological polar surface area (TPSA) is 59.2 Å². The molecule has 1 N–H and O–H groups in total. The van der Waals surface area contributed by atoms with Gasteiger partial charge in [0.2, 0.25) is 0 Å². The highest BCUT2D eigenvalue weighted by atomic mass is 32.1. The fraction of sp³-hybridized carbons (Fsp3) is 0.250. The van der Waals surface area contributed by atoms with Crippen LogP contribution in [0.3, 0.4) is 0 Å². The number of hydrogen-bond donors (Lipinski definition) is 1. The molecule has 0 radical (unpaired) electrons. The maximum atomic E-state index is 9.15. The van der Waals surface area contributed by atoms with Crippen LogP contribution in [0.2, 0.25) is 0 Å². The van der Waals surface area contributed by atoms with Crippen molar-refractivity contribution in [2.24, 2.45) is 0 Å². The van der Waals surface area contributed by atoms with Crippen molar-refractivity contribution in [2.45, 2.75) is 13.0 Å². The van der Waals surface area contributed by atoms with Gasteiger partial charge in [-0.3, -0.25) is 0 Å². The Balaban J connectivity index is 2.33. The van der Waals surface area contributed by atoms with E-state index in [1.807, 2.05) is 17.5 Å². The summed E-state index contributed by atoms with van der Waals surface area (Å²) in [7, 11) is 0. The predicted octanol–water partition coefficient (Wildman–Crippen LogP) is 1.85. The molecule has 1 atom stereocenters. The summed E-state index contributed by atoms with van der Waals surface area (Å²) < 4.78 is 4.96. The first-order valence-electron chi connectivity index (χ1n) is 3.83. The molecule has 2 aromatic heterocycles. The van der Waals surface area contributed by atoms with E-state index in [0.717, 1.165) is 4.88 Å². The van der Waals surface area contributed by atoms with E-state index in [1.54, 1.807) is 6.92 Å². The van der Waals surface area contributed by atoms with Gasteiger partial charge in [0.15, 0.2) is 5.82 Å². The van der Waals surface area contributed by atoms with Gasteiger partial charge >= 0.3 is 0 Å². The fourth-order valence-corrected chi connectivity index (χ4v) is 1.55. The van der Waals surface area contributed by atoms with Crippen molar-refractivity contribution in [3.05, 3.63) is 23.3 Å². The second-order valence-corrected chi connectivity index (χ2v) is 3.56. The van der Waals surface area contributed by atoms with E-state index in [4.69, 9.17) is 9.63 Å². The molecule has 2 heterocycles. The third-order valence-electron chi connectivity index (χ3n) is 1.55. The van der Waals surface area contributed by atoms with E-state index < -0.39 is 6.10 Å². The lowest BCUT2D eigenvalue weighted by Crippen LogP contribution is -1.92. The highest BCUT2D eigenvalue weighted by molar-refractivity contribution is 7.13. The standard InChI is InChI=1S/C8H8N2O2S/c1-5(11)7-9-8(12-10-7)6-3-2-4-13-6/h2-5,11H,1H3. The first-order valence-corrected chi connectivity index (χ1v) is 4.71. The monoisotopic (exact) mass is 196 g/mol. The van der Waals surface area contributed by atoms with Crippen molar-refractivity contribution in [1.29, 1.82) is 0 Å². The summed E-state index contributed by atoms with van der Waals surface area (Å²) in [4.78, 5) is 4.95. The average Bonchev–Trinajstić information content (AvgIpc) is 2.75. The molecular formula is C8H8N2O2S. The van der Waals surface area contributed by atoms with Crippen LogP contribution in [-0.4, -0.2) is 15.2 Å². The summed E-state index contributed by atoms with van der Waals surface area (Å²) in [5.41, 5.74) is 0. The highest BCUT2D eigenvalue weighted by Crippen LogP contribution is 2.23. The van der Waals surface area contributed by atoms with Gasteiger partial charge in [-0.15, -0.1) is 11.3 Å². The molecule has 0 bridgehead atoms. The quantitative estimate of drug-likeness (QED) is 0.796. The van der Waals surface area contributed by atoms with Crippen LogP contribution in [0.5, 0.6) is 0 Å². The molecule has 0 aliphatic rings. The Bertz CT molecular complexity index is 381. The third kappa shape index (κ3) is 1.61. The van der Waals surface area contributed by atoms with Gasteiger partial charge in [0, 0.05) is 0 Å². The molecule has 4 nitrogen and oxygen atoms in total. The Hall–Kier alpha value is -1.20. The van der Waals surface area contributed by atoms with Gasteiger partial charge in [0.1, 0.15) is 6.10 Å². The maximum absolute atomic E-state index is 9.15. The number of aromatic nitrogens is 2. The molecule has 0 aromatic carbocycles. The Morgan fingerprint density at radius 1 is 1.62 bits per heavy atom. The molecule has 0 amide bonds. The second kappa shape index (κ2) is 3.27. The van der Waals surface area contributed by atoms with E-state index in [9.17, 15) is 0 Å². The largest absolute Gasteiger partial charge is 0.385 e. The summed E-state index contributed by atoms with van der Waals surface area (Å²) in [5, 5.41) is 14.7. The lowest BCUT2D eigenvalue weighted by molar-refractivity contribution is 0.184. The molecule has 5 heteroatoms. The van der Waals surface area contributed by atoms with E-state index >= 15 is 0 Å². The van der Waals surface area contributed by atoms with Gasteiger partial charge in [-0.1, -0.05) is 11.2 Å². The average molecular weight is 196 g/mol. The zero-order valence-electron chi connectivity index (χ0n) is 6.97. The number of nitrogens with zero attached hydrogens (tertiary/aromatic N) is 2. The van der Waals surface area contributed by atoms with Crippen LogP contribution < -0.4 is 0 Å². The Morgan fingerprint density at radius 3 is 3.00 bits per heavy atom. The van der Waals surface area contributed by atoms with Crippen LogP contribution in [0.1, 0.15) is 18.9 Å². The summed E-state index contributed by atoms with van der Waals surface area (Å²) >= 11 is 1.52. The molecule has 68 valence electrons. The smallest absolute Gasteiger partial charge is 0.268 e. The van der Waals surface area contributed by atoms with Crippen molar-refractivity contribution in [2.75, 3.05) is 0 Å². The summed E-state index contributed by atoms with van der Waals surface area (Å²) in [6.45, 7) is 1.60. The van der Waals surface area contributed by atoms with Crippen molar-refractivity contribution in [3.63, 3.8) is 0 Å². The Labute approximate surface area is 78.8 Å². The minimum Gasteiger partial charge on any atom is -0.385 e. The predicted molar refractivity (Wildman–Crippen MR) is 48.2 cm³/mol. The van der Waals surface area contributed by atoms with Crippen LogP contribution >= 0.6 is 11.3 Å². The molecule has 1 unspecified atom stereocenters. The lowest BCUT2D eigenvalue weighted by Gasteiger charge is -1.91. The number of aliphatic hydroxyl groups is 1. The first-order chi connectivity index (χ1) is 6.27. The SMILES string of the molecule is CC(O)c1noc(-c2cccs2)n1. The van der Waals surface area contributed by atoms with E-state index in [0.29, 0.717) is 11.7 Å². The molecule has 0 spiro atoms. The maximum Gasteiger partial charge on any atom is 0.268 e. The van der Waals surface area contributed by atoms with Gasteiger partial charge in [-0.25, -0.2) is 0 Å². The summed E-state index contributed by atoms with van der Waals surface area (Å²) in [5.74, 6) is 0.786. The summed E-state index contributed by atoms with van der Waals surface area (Å²) in [6, 6.07) is 3.80. The van der Waals surface area contributed by atoms with Crippen molar-refractivity contribution < 1.29 is 9.63 Å². The molecular weight excluding hydrogens is 188 g/mol. The zero-order chi connectivity index (χ0) is 9.26. The molecule has 13 heavy (non-hydrogen) atoms. The van der Waals surface area contributed by atoms with Gasteiger partial charge in [-0.05, 0) is 18.4 Å². The van der Waals surface area contributed by atoms with Crippen LogP contribution in [-0.2, 0) is 0 Å². The van der Waals surface area contributed by atoms with Gasteiger partial charge in [-0.2, -0.15) is 4.98 Å². The van der Waals surface area contributed by atoms with Crippen molar-refractivity contribution >= 4 is 11.3 Å².